The highest BCUT2D eigenvalue weighted by atomic mass is 16.5. The first-order valence-corrected chi connectivity index (χ1v) is 6.34. The summed E-state index contributed by atoms with van der Waals surface area (Å²) in [5, 5.41) is 9.89. The summed E-state index contributed by atoms with van der Waals surface area (Å²) < 4.78 is 5.14. The van der Waals surface area contributed by atoms with Crippen molar-refractivity contribution in [3.63, 3.8) is 0 Å². The predicted octanol–water partition coefficient (Wildman–Crippen LogP) is 1.66. The molecule has 0 amide bonds. The van der Waals surface area contributed by atoms with Gasteiger partial charge in [-0.3, -0.25) is 9.69 Å². The molecule has 96 valence electrons. The number of phenolic OH excluding ortho intramolecular Hbond substituents is 1. The highest BCUT2D eigenvalue weighted by Crippen LogP contribution is 2.40. The van der Waals surface area contributed by atoms with Gasteiger partial charge in [-0.05, 0) is 29.7 Å². The SMILES string of the molecule is COc1cc2c(cc1O)C1CC(=O)CCN1CC2. The van der Waals surface area contributed by atoms with Gasteiger partial charge in [0.05, 0.1) is 7.11 Å². The van der Waals surface area contributed by atoms with Gasteiger partial charge in [-0.1, -0.05) is 0 Å². The number of ketones is 1. The van der Waals surface area contributed by atoms with Crippen molar-refractivity contribution >= 4 is 5.78 Å². The topological polar surface area (TPSA) is 49.8 Å². The van der Waals surface area contributed by atoms with Crippen LogP contribution in [0.15, 0.2) is 12.1 Å². The molecule has 1 fully saturated rings. The van der Waals surface area contributed by atoms with E-state index in [0.717, 1.165) is 25.1 Å². The molecule has 2 heterocycles. The van der Waals surface area contributed by atoms with Crippen molar-refractivity contribution < 1.29 is 14.6 Å². The van der Waals surface area contributed by atoms with Gasteiger partial charge in [-0.2, -0.15) is 0 Å². The van der Waals surface area contributed by atoms with Crippen LogP contribution in [0.5, 0.6) is 11.5 Å². The number of ether oxygens (including phenoxy) is 1. The van der Waals surface area contributed by atoms with E-state index in [-0.39, 0.29) is 11.8 Å². The second-order valence-corrected chi connectivity index (χ2v) is 5.02. The Morgan fingerprint density at radius 3 is 2.89 bits per heavy atom. The van der Waals surface area contributed by atoms with Crippen LogP contribution in [0.3, 0.4) is 0 Å². The fourth-order valence-electron chi connectivity index (χ4n) is 3.03. The second-order valence-electron chi connectivity index (χ2n) is 5.02. The molecular weight excluding hydrogens is 230 g/mol. The van der Waals surface area contributed by atoms with Crippen LogP contribution < -0.4 is 4.74 Å². The van der Waals surface area contributed by atoms with Crippen LogP contribution in [0, 0.1) is 0 Å². The number of hydrogen-bond donors (Lipinski definition) is 1. The number of nitrogens with zero attached hydrogens (tertiary/aromatic N) is 1. The minimum atomic E-state index is 0.145. The van der Waals surface area contributed by atoms with Gasteiger partial charge in [0, 0.05) is 32.0 Å². The quantitative estimate of drug-likeness (QED) is 0.820. The molecule has 2 aliphatic rings. The van der Waals surface area contributed by atoms with Crippen molar-refractivity contribution in [3.8, 4) is 11.5 Å². The second kappa shape index (κ2) is 4.28. The van der Waals surface area contributed by atoms with Gasteiger partial charge in [0.1, 0.15) is 5.78 Å². The zero-order valence-electron chi connectivity index (χ0n) is 10.5. The van der Waals surface area contributed by atoms with Gasteiger partial charge in [-0.25, -0.2) is 0 Å². The van der Waals surface area contributed by atoms with Crippen LogP contribution in [0.25, 0.3) is 0 Å². The van der Waals surface area contributed by atoms with E-state index < -0.39 is 0 Å². The molecule has 0 radical (unpaired) electrons. The van der Waals surface area contributed by atoms with Crippen LogP contribution in [0.1, 0.15) is 30.0 Å². The van der Waals surface area contributed by atoms with Crippen molar-refractivity contribution in [2.24, 2.45) is 0 Å². The summed E-state index contributed by atoms with van der Waals surface area (Å²) in [5.74, 6) is 1.000. The number of fused-ring (bicyclic) bond motifs is 3. The molecule has 1 saturated heterocycles. The zero-order valence-corrected chi connectivity index (χ0v) is 10.5. The lowest BCUT2D eigenvalue weighted by Crippen LogP contribution is -2.41. The van der Waals surface area contributed by atoms with Gasteiger partial charge in [0.2, 0.25) is 0 Å². The van der Waals surface area contributed by atoms with E-state index in [2.05, 4.69) is 4.90 Å². The highest BCUT2D eigenvalue weighted by Gasteiger charge is 2.33. The first-order valence-electron chi connectivity index (χ1n) is 6.34. The Bertz CT molecular complexity index is 498. The molecule has 2 aliphatic heterocycles. The molecule has 18 heavy (non-hydrogen) atoms. The van der Waals surface area contributed by atoms with Crippen molar-refractivity contribution in [2.45, 2.75) is 25.3 Å². The van der Waals surface area contributed by atoms with E-state index in [9.17, 15) is 9.90 Å². The van der Waals surface area contributed by atoms with E-state index in [1.54, 1.807) is 13.2 Å². The van der Waals surface area contributed by atoms with Gasteiger partial charge in [-0.15, -0.1) is 0 Å². The minimum Gasteiger partial charge on any atom is -0.504 e. The zero-order chi connectivity index (χ0) is 12.7. The minimum absolute atomic E-state index is 0.145. The Hall–Kier alpha value is -1.55. The summed E-state index contributed by atoms with van der Waals surface area (Å²) in [6, 6.07) is 3.82. The average molecular weight is 247 g/mol. The van der Waals surface area contributed by atoms with Crippen molar-refractivity contribution in [1.29, 1.82) is 0 Å². The summed E-state index contributed by atoms with van der Waals surface area (Å²) in [6.07, 6.45) is 2.18. The predicted molar refractivity (Wildman–Crippen MR) is 66.9 cm³/mol. The molecular formula is C14H17NO3. The van der Waals surface area contributed by atoms with E-state index in [0.29, 0.717) is 24.4 Å². The maximum Gasteiger partial charge on any atom is 0.160 e. The largest absolute Gasteiger partial charge is 0.504 e. The van der Waals surface area contributed by atoms with E-state index in [1.165, 1.54) is 5.56 Å². The standard InChI is InChI=1S/C14H17NO3/c1-18-14-6-9-2-4-15-5-3-10(16)7-12(15)11(9)8-13(14)17/h6,8,12,17H,2-5,7H2,1H3. The number of benzene rings is 1. The molecule has 1 unspecified atom stereocenters. The lowest BCUT2D eigenvalue weighted by Gasteiger charge is -2.40. The number of carbonyl (C=O) groups is 1. The molecule has 4 heteroatoms. The number of piperidine rings is 1. The summed E-state index contributed by atoms with van der Waals surface area (Å²) in [6.45, 7) is 1.83. The number of phenols is 1. The number of methoxy groups -OCH3 is 1. The Morgan fingerprint density at radius 1 is 1.33 bits per heavy atom. The number of Topliss-reactive ketones (excluding diaryl/α,β-unsaturated/α-hetero) is 1. The smallest absolute Gasteiger partial charge is 0.160 e. The normalized spacial score (nSPS) is 23.4. The van der Waals surface area contributed by atoms with Crippen molar-refractivity contribution in [3.05, 3.63) is 23.3 Å². The van der Waals surface area contributed by atoms with Gasteiger partial charge < -0.3 is 9.84 Å². The maximum atomic E-state index is 11.6. The Kier molecular flexibility index (Phi) is 2.74. The molecule has 0 aromatic heterocycles. The van der Waals surface area contributed by atoms with Crippen LogP contribution >= 0.6 is 0 Å². The lowest BCUT2D eigenvalue weighted by molar-refractivity contribution is -0.123. The van der Waals surface area contributed by atoms with Crippen LogP contribution in [0.4, 0.5) is 0 Å². The summed E-state index contributed by atoms with van der Waals surface area (Å²) >= 11 is 0. The molecule has 0 bridgehead atoms. The summed E-state index contributed by atoms with van der Waals surface area (Å²) in [5.41, 5.74) is 2.29. The Morgan fingerprint density at radius 2 is 2.11 bits per heavy atom. The number of aromatic hydroxyl groups is 1. The molecule has 0 aliphatic carbocycles. The fourth-order valence-corrected chi connectivity index (χ4v) is 3.03. The first-order chi connectivity index (χ1) is 8.69. The summed E-state index contributed by atoms with van der Waals surface area (Å²) in [7, 11) is 1.56. The Balaban J connectivity index is 2.02. The Labute approximate surface area is 106 Å². The first kappa shape index (κ1) is 11.5. The van der Waals surface area contributed by atoms with Gasteiger partial charge in [0.25, 0.3) is 0 Å². The third kappa shape index (κ3) is 1.77. The third-order valence-electron chi connectivity index (χ3n) is 4.01. The van der Waals surface area contributed by atoms with E-state index in [1.807, 2.05) is 6.07 Å². The fraction of sp³-hybridized carbons (Fsp3) is 0.500. The lowest BCUT2D eigenvalue weighted by atomic mass is 9.86. The third-order valence-corrected chi connectivity index (χ3v) is 4.01. The average Bonchev–Trinajstić information content (AvgIpc) is 2.38. The van der Waals surface area contributed by atoms with Crippen LogP contribution in [-0.4, -0.2) is 36.0 Å². The molecule has 0 saturated carbocycles. The van der Waals surface area contributed by atoms with E-state index in [4.69, 9.17) is 4.74 Å². The van der Waals surface area contributed by atoms with Crippen LogP contribution in [0.2, 0.25) is 0 Å². The van der Waals surface area contributed by atoms with Gasteiger partial charge >= 0.3 is 0 Å². The molecule has 1 N–H and O–H groups in total. The van der Waals surface area contributed by atoms with Crippen LogP contribution in [-0.2, 0) is 11.2 Å². The van der Waals surface area contributed by atoms with Crippen molar-refractivity contribution in [2.75, 3.05) is 20.2 Å². The highest BCUT2D eigenvalue weighted by molar-refractivity contribution is 5.80. The summed E-state index contributed by atoms with van der Waals surface area (Å²) in [4.78, 5) is 14.0. The van der Waals surface area contributed by atoms with Crippen molar-refractivity contribution in [1.82, 2.24) is 4.90 Å². The maximum absolute atomic E-state index is 11.6. The molecule has 1 aromatic rings. The number of carbonyl (C=O) groups excluding carboxylic acids is 1. The molecule has 4 nitrogen and oxygen atoms in total. The number of rotatable bonds is 1. The molecule has 3 rings (SSSR count). The number of hydrogen-bond acceptors (Lipinski definition) is 4. The molecule has 1 aromatic carbocycles. The van der Waals surface area contributed by atoms with Gasteiger partial charge in [0.15, 0.2) is 11.5 Å². The molecule has 0 spiro atoms. The molecule has 1 atom stereocenters. The monoisotopic (exact) mass is 247 g/mol. The van der Waals surface area contributed by atoms with E-state index >= 15 is 0 Å².